The summed E-state index contributed by atoms with van der Waals surface area (Å²) in [5.74, 6) is 0.351. The van der Waals surface area contributed by atoms with E-state index in [0.717, 1.165) is 11.8 Å². The van der Waals surface area contributed by atoms with E-state index in [2.05, 4.69) is 30.3 Å². The fourth-order valence-electron chi connectivity index (χ4n) is 1.63. The number of carbonyl (C=O) groups is 1. The van der Waals surface area contributed by atoms with Gasteiger partial charge in [-0.1, -0.05) is 5.16 Å². The molecule has 0 spiro atoms. The van der Waals surface area contributed by atoms with Crippen molar-refractivity contribution in [1.82, 2.24) is 20.4 Å². The van der Waals surface area contributed by atoms with Gasteiger partial charge in [-0.3, -0.25) is 5.32 Å². The molecule has 7 nitrogen and oxygen atoms in total. The highest BCUT2D eigenvalue weighted by atomic mass is 19.3. The summed E-state index contributed by atoms with van der Waals surface area (Å²) in [6.07, 6.45) is -2.73. The molecule has 0 radical (unpaired) electrons. The number of aromatic nitrogens is 3. The van der Waals surface area contributed by atoms with Crippen molar-refractivity contribution >= 4 is 11.8 Å². The zero-order valence-electron chi connectivity index (χ0n) is 11.4. The lowest BCUT2D eigenvalue weighted by atomic mass is 10.3. The van der Waals surface area contributed by atoms with E-state index < -0.39 is 18.2 Å². The lowest BCUT2D eigenvalue weighted by Crippen LogP contribution is -2.28. The number of halogens is 2. The third kappa shape index (κ3) is 4.20. The first kappa shape index (κ1) is 14.8. The minimum atomic E-state index is -2.73. The Balaban J connectivity index is 1.89. The van der Waals surface area contributed by atoms with Crippen LogP contribution in [0.5, 0.6) is 0 Å². The van der Waals surface area contributed by atoms with E-state index in [1.807, 2.05) is 0 Å². The molecule has 2 aromatic rings. The molecule has 112 valence electrons. The predicted octanol–water partition coefficient (Wildman–Crippen LogP) is 2.34. The second kappa shape index (κ2) is 6.25. The summed E-state index contributed by atoms with van der Waals surface area (Å²) in [5, 5.41) is 8.40. The van der Waals surface area contributed by atoms with Crippen LogP contribution >= 0.6 is 0 Å². The molecule has 9 heteroatoms. The van der Waals surface area contributed by atoms with Crippen LogP contribution in [0.25, 0.3) is 0 Å². The van der Waals surface area contributed by atoms with Crippen molar-refractivity contribution in [1.29, 1.82) is 0 Å². The minimum Gasteiger partial charge on any atom is -0.355 e. The summed E-state index contributed by atoms with van der Waals surface area (Å²) in [6, 6.07) is 2.16. The van der Waals surface area contributed by atoms with Crippen LogP contribution < -0.4 is 10.6 Å². The summed E-state index contributed by atoms with van der Waals surface area (Å²) >= 11 is 0. The second-order valence-electron chi connectivity index (χ2n) is 4.27. The second-order valence-corrected chi connectivity index (χ2v) is 4.27. The van der Waals surface area contributed by atoms with Gasteiger partial charge in [-0.2, -0.15) is 0 Å². The van der Waals surface area contributed by atoms with Crippen molar-refractivity contribution in [3.63, 3.8) is 0 Å². The molecule has 0 unspecified atom stereocenters. The van der Waals surface area contributed by atoms with Crippen molar-refractivity contribution in [2.24, 2.45) is 0 Å². The molecule has 0 saturated heterocycles. The Morgan fingerprint density at radius 2 is 2.10 bits per heavy atom. The molecule has 2 aromatic heterocycles. The van der Waals surface area contributed by atoms with Crippen molar-refractivity contribution < 1.29 is 18.1 Å². The highest BCUT2D eigenvalue weighted by Crippen LogP contribution is 2.18. The first-order valence-corrected chi connectivity index (χ1v) is 6.05. The summed E-state index contributed by atoms with van der Waals surface area (Å²) in [4.78, 5) is 19.8. The van der Waals surface area contributed by atoms with Crippen LogP contribution in [-0.2, 0) is 6.54 Å². The topological polar surface area (TPSA) is 92.9 Å². The highest BCUT2D eigenvalue weighted by molar-refractivity contribution is 5.88. The quantitative estimate of drug-likeness (QED) is 0.903. The van der Waals surface area contributed by atoms with Crippen LogP contribution in [0.3, 0.4) is 0 Å². The van der Waals surface area contributed by atoms with E-state index in [1.165, 1.54) is 0 Å². The smallest absolute Gasteiger partial charge is 0.320 e. The van der Waals surface area contributed by atoms with Gasteiger partial charge in [0.15, 0.2) is 0 Å². The van der Waals surface area contributed by atoms with E-state index in [1.54, 1.807) is 19.9 Å². The van der Waals surface area contributed by atoms with Gasteiger partial charge in [0.1, 0.15) is 17.3 Å². The maximum atomic E-state index is 12.3. The molecule has 0 aliphatic carbocycles. The van der Waals surface area contributed by atoms with Crippen LogP contribution in [0, 0.1) is 13.8 Å². The number of hydrogen-bond acceptors (Lipinski definition) is 5. The Morgan fingerprint density at radius 1 is 1.33 bits per heavy atom. The molecular formula is C12H13F2N5O2. The zero-order chi connectivity index (χ0) is 15.4. The number of urea groups is 1. The number of rotatable bonds is 4. The van der Waals surface area contributed by atoms with Crippen molar-refractivity contribution in [2.75, 3.05) is 5.32 Å². The van der Waals surface area contributed by atoms with Gasteiger partial charge in [0.2, 0.25) is 5.76 Å². The van der Waals surface area contributed by atoms with Crippen LogP contribution in [0.2, 0.25) is 0 Å². The number of hydrogen-bond donors (Lipinski definition) is 2. The number of carbonyl (C=O) groups excluding carboxylic acids is 1. The van der Waals surface area contributed by atoms with Crippen LogP contribution in [0.1, 0.15) is 29.4 Å². The molecule has 2 amide bonds. The van der Waals surface area contributed by atoms with Crippen molar-refractivity contribution in [3.8, 4) is 0 Å². The van der Waals surface area contributed by atoms with Gasteiger partial charge >= 0.3 is 6.03 Å². The van der Waals surface area contributed by atoms with Crippen LogP contribution in [-0.4, -0.2) is 21.2 Å². The maximum absolute atomic E-state index is 12.3. The molecule has 0 aliphatic rings. The lowest BCUT2D eigenvalue weighted by Gasteiger charge is -2.06. The number of amides is 2. The van der Waals surface area contributed by atoms with Gasteiger partial charge in [-0.15, -0.1) is 0 Å². The summed E-state index contributed by atoms with van der Waals surface area (Å²) in [5.41, 5.74) is 0.923. The van der Waals surface area contributed by atoms with Gasteiger partial charge < -0.3 is 9.84 Å². The van der Waals surface area contributed by atoms with Gasteiger partial charge in [0.25, 0.3) is 6.43 Å². The van der Waals surface area contributed by atoms with Crippen LogP contribution in [0.4, 0.5) is 19.4 Å². The number of nitrogens with one attached hydrogen (secondary N) is 2. The summed E-state index contributed by atoms with van der Waals surface area (Å²) in [6.45, 7) is 3.45. The van der Waals surface area contributed by atoms with Gasteiger partial charge in [0, 0.05) is 17.8 Å². The minimum absolute atomic E-state index is 0.0366. The Kier molecular flexibility index (Phi) is 4.41. The molecule has 21 heavy (non-hydrogen) atoms. The molecule has 0 bridgehead atoms. The fourth-order valence-corrected chi connectivity index (χ4v) is 1.63. The van der Waals surface area contributed by atoms with Crippen molar-refractivity contribution in [3.05, 3.63) is 35.1 Å². The number of nitrogens with zero attached hydrogens (tertiary/aromatic N) is 3. The molecule has 2 heterocycles. The highest BCUT2D eigenvalue weighted by Gasteiger charge is 2.14. The van der Waals surface area contributed by atoms with Gasteiger partial charge in [-0.25, -0.2) is 23.5 Å². The average Bonchev–Trinajstić information content (AvgIpc) is 2.84. The molecule has 0 fully saturated rings. The van der Waals surface area contributed by atoms with E-state index in [9.17, 15) is 13.6 Å². The van der Waals surface area contributed by atoms with E-state index >= 15 is 0 Å². The van der Waals surface area contributed by atoms with Gasteiger partial charge in [0.05, 0.1) is 6.54 Å². The third-order valence-corrected chi connectivity index (χ3v) is 2.43. The summed E-state index contributed by atoms with van der Waals surface area (Å²) < 4.78 is 29.0. The molecular weight excluding hydrogens is 284 g/mol. The number of alkyl halides is 2. The zero-order valence-corrected chi connectivity index (χ0v) is 11.4. The molecule has 0 aromatic carbocycles. The molecule has 0 saturated carbocycles. The molecule has 0 atom stereocenters. The molecule has 2 rings (SSSR count). The normalized spacial score (nSPS) is 10.7. The Hall–Kier alpha value is -2.58. The molecule has 0 aliphatic heterocycles. The SMILES string of the molecule is Cc1cc(NC(=O)NCc2cc(C(F)F)on2)nc(C)n1. The third-order valence-electron chi connectivity index (χ3n) is 2.43. The Labute approximate surface area is 118 Å². The first-order valence-electron chi connectivity index (χ1n) is 6.05. The first-order chi connectivity index (χ1) is 9.94. The number of anilines is 1. The average molecular weight is 297 g/mol. The Bertz CT molecular complexity index is 624. The van der Waals surface area contributed by atoms with Crippen LogP contribution in [0.15, 0.2) is 16.7 Å². The van der Waals surface area contributed by atoms with E-state index in [4.69, 9.17) is 0 Å². The lowest BCUT2D eigenvalue weighted by molar-refractivity contribution is 0.112. The monoisotopic (exact) mass is 297 g/mol. The van der Waals surface area contributed by atoms with E-state index in [0.29, 0.717) is 11.6 Å². The van der Waals surface area contributed by atoms with E-state index in [-0.39, 0.29) is 12.2 Å². The summed E-state index contributed by atoms with van der Waals surface area (Å²) in [7, 11) is 0. The Morgan fingerprint density at radius 3 is 2.71 bits per heavy atom. The largest absolute Gasteiger partial charge is 0.355 e. The standard InChI is InChI=1S/C12H13F2N5O2/c1-6-3-10(17-7(2)16-6)18-12(20)15-5-8-4-9(11(13)14)21-19-8/h3-4,11H,5H2,1-2H3,(H2,15,16,17,18,20). The van der Waals surface area contributed by atoms with Gasteiger partial charge in [-0.05, 0) is 13.8 Å². The molecule has 2 N–H and O–H groups in total. The predicted molar refractivity (Wildman–Crippen MR) is 68.8 cm³/mol. The number of aryl methyl sites for hydroxylation is 2. The van der Waals surface area contributed by atoms with Crippen molar-refractivity contribution in [2.45, 2.75) is 26.8 Å². The fraction of sp³-hybridized carbons (Fsp3) is 0.333. The maximum Gasteiger partial charge on any atom is 0.320 e.